The molecule has 0 atom stereocenters. The van der Waals surface area contributed by atoms with E-state index in [0.29, 0.717) is 6.42 Å². The maximum Gasteiger partial charge on any atom is 0.389 e. The van der Waals surface area contributed by atoms with E-state index >= 15 is 0 Å². The summed E-state index contributed by atoms with van der Waals surface area (Å²) in [5, 5.41) is 0. The molecule has 0 fully saturated rings. The van der Waals surface area contributed by atoms with Crippen LogP contribution >= 0.6 is 34.8 Å². The van der Waals surface area contributed by atoms with Crippen LogP contribution in [0.2, 0.25) is 0 Å². The Labute approximate surface area is 71.2 Å². The van der Waals surface area contributed by atoms with Crippen LogP contribution in [0.4, 0.5) is 13.2 Å². The zero-order chi connectivity index (χ0) is 8.41. The second-order valence-electron chi connectivity index (χ2n) is 1.57. The van der Waals surface area contributed by atoms with Crippen molar-refractivity contribution in [3.63, 3.8) is 0 Å². The van der Waals surface area contributed by atoms with Gasteiger partial charge in [0.25, 0.3) is 0 Å². The van der Waals surface area contributed by atoms with E-state index in [4.69, 9.17) is 34.8 Å². The number of halogens is 6. The molecule has 0 aromatic heterocycles. The van der Waals surface area contributed by atoms with Gasteiger partial charge in [-0.25, -0.2) is 0 Å². The molecule has 0 bridgehead atoms. The van der Waals surface area contributed by atoms with Crippen LogP contribution < -0.4 is 0 Å². The molecule has 0 aliphatic carbocycles. The zero-order valence-electron chi connectivity index (χ0n) is 4.55. The van der Waals surface area contributed by atoms with E-state index < -0.39 is 16.4 Å². The van der Waals surface area contributed by atoms with Gasteiger partial charge in [0.1, 0.15) is 0 Å². The molecule has 0 spiro atoms. The molecular formula is C4H3Cl3F3. The van der Waals surface area contributed by atoms with E-state index in [9.17, 15) is 13.2 Å². The van der Waals surface area contributed by atoms with Crippen molar-refractivity contribution in [2.75, 3.05) is 0 Å². The van der Waals surface area contributed by atoms with Crippen molar-refractivity contribution in [1.82, 2.24) is 0 Å². The molecule has 0 aromatic carbocycles. The fraction of sp³-hybridized carbons (Fsp3) is 0.750. The molecule has 0 heterocycles. The third-order valence-corrected chi connectivity index (χ3v) is 1.03. The Balaban J connectivity index is 3.56. The van der Waals surface area contributed by atoms with Gasteiger partial charge in [-0.1, -0.05) is 34.8 Å². The van der Waals surface area contributed by atoms with Gasteiger partial charge in [-0.3, -0.25) is 0 Å². The van der Waals surface area contributed by atoms with Crippen molar-refractivity contribution in [2.24, 2.45) is 0 Å². The topological polar surface area (TPSA) is 0 Å². The first-order valence-corrected chi connectivity index (χ1v) is 3.32. The number of hydrogen-bond acceptors (Lipinski definition) is 0. The summed E-state index contributed by atoms with van der Waals surface area (Å²) in [5.74, 6) is 0. The van der Waals surface area contributed by atoms with Crippen molar-refractivity contribution in [2.45, 2.75) is 16.4 Å². The van der Waals surface area contributed by atoms with Crippen LogP contribution in [0.1, 0.15) is 6.42 Å². The second kappa shape index (κ2) is 3.37. The van der Waals surface area contributed by atoms with Gasteiger partial charge in [0.2, 0.25) is 0 Å². The summed E-state index contributed by atoms with van der Waals surface area (Å²) >= 11 is 15.0. The molecule has 0 aliphatic heterocycles. The molecule has 0 saturated heterocycles. The Morgan fingerprint density at radius 2 is 1.50 bits per heavy atom. The van der Waals surface area contributed by atoms with E-state index in [1.807, 2.05) is 0 Å². The normalized spacial score (nSPS) is 13.8. The lowest BCUT2D eigenvalue weighted by atomic mass is 10.3. The van der Waals surface area contributed by atoms with Crippen molar-refractivity contribution in [1.29, 1.82) is 0 Å². The SMILES string of the molecule is FC(F)(F)C[CH]C(Cl)(Cl)Cl. The molecular weight excluding hydrogens is 211 g/mol. The maximum absolute atomic E-state index is 11.4. The smallest absolute Gasteiger partial charge is 0.171 e. The van der Waals surface area contributed by atoms with Crippen LogP contribution in [0.5, 0.6) is 0 Å². The first-order valence-electron chi connectivity index (χ1n) is 2.18. The number of alkyl halides is 6. The minimum absolute atomic E-state index is 0.567. The lowest BCUT2D eigenvalue weighted by Gasteiger charge is -2.11. The Kier molecular flexibility index (Phi) is 3.59. The third-order valence-electron chi connectivity index (χ3n) is 0.565. The van der Waals surface area contributed by atoms with Gasteiger partial charge < -0.3 is 0 Å². The predicted molar refractivity (Wildman–Crippen MR) is 35.3 cm³/mol. The van der Waals surface area contributed by atoms with Crippen LogP contribution in [0.15, 0.2) is 0 Å². The van der Waals surface area contributed by atoms with Gasteiger partial charge >= 0.3 is 6.18 Å². The van der Waals surface area contributed by atoms with E-state index in [2.05, 4.69) is 0 Å². The first kappa shape index (κ1) is 10.7. The summed E-state index contributed by atoms with van der Waals surface area (Å²) in [4.78, 5) is 0. The average Bonchev–Trinajstić information content (AvgIpc) is 1.57. The van der Waals surface area contributed by atoms with Crippen LogP contribution in [0.25, 0.3) is 0 Å². The molecule has 0 aromatic rings. The molecule has 0 rings (SSSR count). The Hall–Kier alpha value is 0.660. The average molecular weight is 214 g/mol. The lowest BCUT2D eigenvalue weighted by Crippen LogP contribution is -2.13. The molecule has 1 radical (unpaired) electrons. The molecule has 0 nitrogen and oxygen atoms in total. The lowest BCUT2D eigenvalue weighted by molar-refractivity contribution is -0.128. The molecule has 0 N–H and O–H groups in total. The summed E-state index contributed by atoms with van der Waals surface area (Å²) in [6.45, 7) is 0. The predicted octanol–water partition coefficient (Wildman–Crippen LogP) is 3.51. The van der Waals surface area contributed by atoms with Crippen LogP contribution in [-0.4, -0.2) is 9.97 Å². The third kappa shape index (κ3) is 8.66. The minimum atomic E-state index is -4.30. The van der Waals surface area contributed by atoms with E-state index in [1.54, 1.807) is 0 Å². The molecule has 0 saturated carbocycles. The minimum Gasteiger partial charge on any atom is -0.171 e. The van der Waals surface area contributed by atoms with Crippen molar-refractivity contribution in [3.05, 3.63) is 6.42 Å². The molecule has 6 heteroatoms. The fourth-order valence-corrected chi connectivity index (χ4v) is 0.463. The standard InChI is InChI=1S/C4H3Cl3F3/c5-3(6,7)1-2-4(8,9)10/h1H,2H2. The summed E-state index contributed by atoms with van der Waals surface area (Å²) in [5.41, 5.74) is 0. The van der Waals surface area contributed by atoms with Gasteiger partial charge in [0, 0.05) is 6.42 Å². The highest BCUT2D eigenvalue weighted by molar-refractivity contribution is 6.68. The highest BCUT2D eigenvalue weighted by Gasteiger charge is 2.32. The molecule has 61 valence electrons. The molecule has 0 amide bonds. The van der Waals surface area contributed by atoms with Crippen LogP contribution in [-0.2, 0) is 0 Å². The van der Waals surface area contributed by atoms with Crippen molar-refractivity contribution >= 4 is 34.8 Å². The van der Waals surface area contributed by atoms with Crippen LogP contribution in [0, 0.1) is 6.42 Å². The van der Waals surface area contributed by atoms with Gasteiger partial charge in [-0.15, -0.1) is 0 Å². The summed E-state index contributed by atoms with van der Waals surface area (Å²) in [6, 6.07) is 0. The van der Waals surface area contributed by atoms with Gasteiger partial charge in [0.15, 0.2) is 3.79 Å². The maximum atomic E-state index is 11.4. The van der Waals surface area contributed by atoms with E-state index in [-0.39, 0.29) is 0 Å². The monoisotopic (exact) mass is 213 g/mol. The number of hydrogen-bond donors (Lipinski definition) is 0. The molecule has 0 aliphatic rings. The molecule has 10 heavy (non-hydrogen) atoms. The molecule has 0 unspecified atom stereocenters. The number of rotatable bonds is 1. The van der Waals surface area contributed by atoms with Gasteiger partial charge in [-0.2, -0.15) is 13.2 Å². The van der Waals surface area contributed by atoms with Crippen LogP contribution in [0.3, 0.4) is 0 Å². The largest absolute Gasteiger partial charge is 0.389 e. The summed E-state index contributed by atoms with van der Waals surface area (Å²) < 4.78 is 32.2. The van der Waals surface area contributed by atoms with Crippen molar-refractivity contribution in [3.8, 4) is 0 Å². The Morgan fingerprint density at radius 3 is 1.60 bits per heavy atom. The van der Waals surface area contributed by atoms with Gasteiger partial charge in [0.05, 0.1) is 6.42 Å². The second-order valence-corrected chi connectivity index (χ2v) is 3.93. The van der Waals surface area contributed by atoms with E-state index in [0.717, 1.165) is 0 Å². The highest BCUT2D eigenvalue weighted by atomic mass is 35.6. The Morgan fingerprint density at radius 1 is 1.10 bits per heavy atom. The quantitative estimate of drug-likeness (QED) is 0.586. The Bertz CT molecular complexity index is 89.3. The van der Waals surface area contributed by atoms with E-state index in [1.165, 1.54) is 0 Å². The van der Waals surface area contributed by atoms with Gasteiger partial charge in [-0.05, 0) is 0 Å². The zero-order valence-corrected chi connectivity index (χ0v) is 6.82. The highest BCUT2D eigenvalue weighted by Crippen LogP contribution is 2.34. The van der Waals surface area contributed by atoms with Crippen molar-refractivity contribution < 1.29 is 13.2 Å². The summed E-state index contributed by atoms with van der Waals surface area (Å²) in [7, 11) is 0. The fourth-order valence-electron chi connectivity index (χ4n) is 0.231. The first-order chi connectivity index (χ1) is 4.21. The summed E-state index contributed by atoms with van der Waals surface area (Å²) in [6.07, 6.45) is -4.93.